The van der Waals surface area contributed by atoms with E-state index in [0.29, 0.717) is 43.7 Å². The summed E-state index contributed by atoms with van der Waals surface area (Å²) in [6, 6.07) is 11.7. The molecule has 0 amide bonds. The van der Waals surface area contributed by atoms with Gasteiger partial charge in [-0.1, -0.05) is 6.07 Å². The summed E-state index contributed by atoms with van der Waals surface area (Å²) in [5, 5.41) is 4.28. The highest BCUT2D eigenvalue weighted by atomic mass is 16.5. The van der Waals surface area contributed by atoms with Crippen LogP contribution >= 0.6 is 0 Å². The van der Waals surface area contributed by atoms with Crippen molar-refractivity contribution in [3.8, 4) is 5.88 Å². The van der Waals surface area contributed by atoms with E-state index in [1.807, 2.05) is 50.2 Å². The van der Waals surface area contributed by atoms with Crippen molar-refractivity contribution in [2.75, 3.05) is 43.2 Å². The van der Waals surface area contributed by atoms with E-state index in [-0.39, 0.29) is 0 Å². The molecule has 0 radical (unpaired) electrons. The van der Waals surface area contributed by atoms with Crippen LogP contribution in [-0.2, 0) is 11.2 Å². The summed E-state index contributed by atoms with van der Waals surface area (Å²) in [4.78, 5) is 11.2. The maximum atomic E-state index is 5.96. The van der Waals surface area contributed by atoms with Crippen molar-refractivity contribution >= 4 is 17.8 Å². The van der Waals surface area contributed by atoms with Crippen LogP contribution in [0.5, 0.6) is 5.88 Å². The second-order valence-corrected chi connectivity index (χ2v) is 7.33. The molecule has 4 rings (SSSR count). The largest absolute Gasteiger partial charge is 0.477 e. The van der Waals surface area contributed by atoms with Crippen molar-refractivity contribution in [2.24, 2.45) is 5.10 Å². The smallest absolute Gasteiger partial charge is 0.215 e. The number of furan rings is 1. The van der Waals surface area contributed by atoms with Gasteiger partial charge in [-0.15, -0.1) is 0 Å². The summed E-state index contributed by atoms with van der Waals surface area (Å²) in [6.07, 6.45) is 4.17. The minimum Gasteiger partial charge on any atom is -0.477 e. The molecule has 3 aromatic heterocycles. The number of anilines is 2. The van der Waals surface area contributed by atoms with Crippen molar-refractivity contribution in [3.63, 3.8) is 0 Å². The van der Waals surface area contributed by atoms with Gasteiger partial charge in [0.2, 0.25) is 11.8 Å². The van der Waals surface area contributed by atoms with Crippen LogP contribution in [0.4, 0.5) is 11.6 Å². The normalized spacial score (nSPS) is 14.2. The predicted molar refractivity (Wildman–Crippen MR) is 120 cm³/mol. The Morgan fingerprint density at radius 1 is 1.19 bits per heavy atom. The first kappa shape index (κ1) is 20.9. The molecule has 0 aromatic carbocycles. The maximum Gasteiger partial charge on any atom is 0.215 e. The average Bonchev–Trinajstić information content (AvgIpc) is 3.12. The van der Waals surface area contributed by atoms with E-state index < -0.39 is 0 Å². The van der Waals surface area contributed by atoms with Crippen molar-refractivity contribution in [2.45, 2.75) is 20.3 Å². The summed E-state index contributed by atoms with van der Waals surface area (Å²) in [5.74, 6) is 2.03. The Morgan fingerprint density at radius 2 is 2.06 bits per heavy atom. The third-order valence-electron chi connectivity index (χ3n) is 5.05. The fourth-order valence-electron chi connectivity index (χ4n) is 3.25. The maximum absolute atomic E-state index is 5.96. The van der Waals surface area contributed by atoms with E-state index in [0.717, 1.165) is 35.8 Å². The quantitative estimate of drug-likeness (QED) is 0.439. The fraction of sp³-hybridized carbons (Fsp3) is 0.348. The minimum atomic E-state index is 0.496. The third kappa shape index (κ3) is 5.82. The second-order valence-electron chi connectivity index (χ2n) is 7.33. The van der Waals surface area contributed by atoms with Crippen molar-refractivity contribution in [1.82, 2.24) is 9.97 Å². The molecule has 4 heterocycles. The van der Waals surface area contributed by atoms with Gasteiger partial charge >= 0.3 is 0 Å². The monoisotopic (exact) mass is 421 g/mol. The predicted octanol–water partition coefficient (Wildman–Crippen LogP) is 3.59. The Hall–Kier alpha value is -3.39. The van der Waals surface area contributed by atoms with Crippen LogP contribution in [0.15, 0.2) is 52.1 Å². The molecule has 8 nitrogen and oxygen atoms in total. The molecule has 1 saturated heterocycles. The summed E-state index contributed by atoms with van der Waals surface area (Å²) in [6.45, 7) is 7.49. The van der Waals surface area contributed by atoms with E-state index in [1.54, 1.807) is 12.4 Å². The molecule has 162 valence electrons. The number of aryl methyl sites for hydroxylation is 2. The first-order valence-electron chi connectivity index (χ1n) is 10.4. The van der Waals surface area contributed by atoms with Gasteiger partial charge in [-0.05, 0) is 37.6 Å². The number of hydrogen-bond acceptors (Lipinski definition) is 8. The molecule has 0 spiro atoms. The molecule has 1 fully saturated rings. The van der Waals surface area contributed by atoms with Gasteiger partial charge in [-0.2, -0.15) is 5.10 Å². The van der Waals surface area contributed by atoms with Crippen LogP contribution in [0.25, 0.3) is 0 Å². The molecule has 1 aliphatic heterocycles. The first-order valence-corrected chi connectivity index (χ1v) is 10.4. The Labute approximate surface area is 181 Å². The van der Waals surface area contributed by atoms with Gasteiger partial charge < -0.3 is 18.8 Å². The van der Waals surface area contributed by atoms with E-state index in [2.05, 4.69) is 25.4 Å². The summed E-state index contributed by atoms with van der Waals surface area (Å²) < 4.78 is 17.0. The van der Waals surface area contributed by atoms with Gasteiger partial charge in [0.25, 0.3) is 0 Å². The molecule has 0 unspecified atom stereocenters. The molecule has 31 heavy (non-hydrogen) atoms. The lowest BCUT2D eigenvalue weighted by Crippen LogP contribution is -2.36. The molecule has 0 aliphatic carbocycles. The number of hydrazone groups is 1. The Balaban J connectivity index is 1.47. The number of ether oxygens (including phenoxy) is 2. The highest BCUT2D eigenvalue weighted by molar-refractivity contribution is 5.79. The van der Waals surface area contributed by atoms with Crippen LogP contribution in [0.3, 0.4) is 0 Å². The van der Waals surface area contributed by atoms with Crippen LogP contribution < -0.4 is 15.1 Å². The third-order valence-corrected chi connectivity index (χ3v) is 5.05. The zero-order valence-corrected chi connectivity index (χ0v) is 17.9. The number of nitrogens with zero attached hydrogens (tertiary/aromatic N) is 4. The molecule has 8 heteroatoms. The highest BCUT2D eigenvalue weighted by Crippen LogP contribution is 2.22. The Kier molecular flexibility index (Phi) is 6.78. The Morgan fingerprint density at radius 3 is 2.81 bits per heavy atom. The number of pyridine rings is 2. The van der Waals surface area contributed by atoms with Crippen LogP contribution in [0.1, 0.15) is 22.7 Å². The van der Waals surface area contributed by atoms with Crippen molar-refractivity contribution < 1.29 is 13.9 Å². The lowest BCUT2D eigenvalue weighted by Gasteiger charge is -2.29. The first-order chi connectivity index (χ1) is 15.2. The highest BCUT2D eigenvalue weighted by Gasteiger charge is 2.14. The van der Waals surface area contributed by atoms with E-state index >= 15 is 0 Å². The average molecular weight is 422 g/mol. The number of hydrogen-bond donors (Lipinski definition) is 1. The molecule has 0 saturated carbocycles. The fourth-order valence-corrected chi connectivity index (χ4v) is 3.25. The molecule has 0 atom stereocenters. The SMILES string of the molecule is Cc1cc(N/N=C/c2cc(N3CCOCC3)cc(OCCc3ccccn3)n2)oc1C. The summed E-state index contributed by atoms with van der Waals surface area (Å²) in [5.41, 5.74) is 6.72. The Bertz CT molecular complexity index is 994. The topological polar surface area (TPSA) is 85.0 Å². The van der Waals surface area contributed by atoms with Gasteiger partial charge in [-0.25, -0.2) is 10.4 Å². The van der Waals surface area contributed by atoms with Gasteiger partial charge in [0, 0.05) is 49.2 Å². The number of rotatable bonds is 8. The summed E-state index contributed by atoms with van der Waals surface area (Å²) in [7, 11) is 0. The zero-order chi connectivity index (χ0) is 21.5. The number of nitrogens with one attached hydrogen (secondary N) is 1. The minimum absolute atomic E-state index is 0.496. The van der Waals surface area contributed by atoms with Crippen LogP contribution in [0, 0.1) is 13.8 Å². The molecule has 1 aliphatic rings. The molecule has 0 bridgehead atoms. The van der Waals surface area contributed by atoms with Gasteiger partial charge in [0.05, 0.1) is 31.7 Å². The van der Waals surface area contributed by atoms with Crippen LogP contribution in [-0.4, -0.2) is 49.1 Å². The lowest BCUT2D eigenvalue weighted by atomic mass is 10.2. The van der Waals surface area contributed by atoms with Crippen molar-refractivity contribution in [3.05, 3.63) is 65.3 Å². The zero-order valence-electron chi connectivity index (χ0n) is 17.9. The molecule has 1 N–H and O–H groups in total. The second kappa shape index (κ2) is 10.1. The van der Waals surface area contributed by atoms with E-state index in [9.17, 15) is 0 Å². The molecular formula is C23H27N5O3. The molecular weight excluding hydrogens is 394 g/mol. The summed E-state index contributed by atoms with van der Waals surface area (Å²) >= 11 is 0. The standard InChI is InChI=1S/C23H27N5O3/c1-17-13-23(31-18(17)2)27-25-16-20-14-21(28-8-11-29-12-9-28)15-22(26-20)30-10-6-19-5-3-4-7-24-19/h3-5,7,13-16,27H,6,8-12H2,1-2H3/b25-16+. The number of morpholine rings is 1. The van der Waals surface area contributed by atoms with Gasteiger partial charge in [0.1, 0.15) is 5.76 Å². The van der Waals surface area contributed by atoms with Gasteiger partial charge in [0.15, 0.2) is 0 Å². The van der Waals surface area contributed by atoms with E-state index in [1.165, 1.54) is 0 Å². The van der Waals surface area contributed by atoms with Crippen LogP contribution in [0.2, 0.25) is 0 Å². The van der Waals surface area contributed by atoms with Gasteiger partial charge in [-0.3, -0.25) is 4.98 Å². The lowest BCUT2D eigenvalue weighted by molar-refractivity contribution is 0.122. The van der Waals surface area contributed by atoms with Crippen molar-refractivity contribution in [1.29, 1.82) is 0 Å². The van der Waals surface area contributed by atoms with E-state index in [4.69, 9.17) is 13.9 Å². The number of aromatic nitrogens is 2. The molecule has 3 aromatic rings.